The number of nitrogens with zero attached hydrogens (tertiary/aromatic N) is 1. The minimum atomic E-state index is -3.45. The molecule has 0 saturated carbocycles. The summed E-state index contributed by atoms with van der Waals surface area (Å²) in [7, 11) is -3.45. The Morgan fingerprint density at radius 3 is 2.34 bits per heavy atom. The van der Waals surface area contributed by atoms with Crippen LogP contribution in [-0.2, 0) is 21.2 Å². The van der Waals surface area contributed by atoms with Gasteiger partial charge in [-0.2, -0.15) is 4.31 Å². The first-order valence-electron chi connectivity index (χ1n) is 10.1. The van der Waals surface area contributed by atoms with Crippen molar-refractivity contribution in [1.29, 1.82) is 0 Å². The van der Waals surface area contributed by atoms with Crippen molar-refractivity contribution in [3.05, 3.63) is 60.2 Å². The van der Waals surface area contributed by atoms with E-state index in [0.29, 0.717) is 25.4 Å². The molecule has 1 saturated heterocycles. The van der Waals surface area contributed by atoms with Crippen molar-refractivity contribution in [2.45, 2.75) is 37.0 Å². The Labute approximate surface area is 172 Å². The van der Waals surface area contributed by atoms with Crippen molar-refractivity contribution in [2.24, 2.45) is 0 Å². The van der Waals surface area contributed by atoms with Gasteiger partial charge in [-0.1, -0.05) is 36.8 Å². The van der Waals surface area contributed by atoms with Crippen molar-refractivity contribution in [3.63, 3.8) is 0 Å². The minimum absolute atomic E-state index is 0.0937. The summed E-state index contributed by atoms with van der Waals surface area (Å²) in [6.07, 6.45) is 4.66. The predicted molar refractivity (Wildman–Crippen MR) is 112 cm³/mol. The van der Waals surface area contributed by atoms with Crippen LogP contribution in [0.3, 0.4) is 0 Å². The number of nitrogens with one attached hydrogen (secondary N) is 1. The van der Waals surface area contributed by atoms with E-state index in [-0.39, 0.29) is 17.4 Å². The molecule has 0 aromatic heterocycles. The van der Waals surface area contributed by atoms with Crippen LogP contribution in [0, 0.1) is 0 Å². The van der Waals surface area contributed by atoms with E-state index in [0.717, 1.165) is 32.1 Å². The van der Waals surface area contributed by atoms with Gasteiger partial charge in [-0.25, -0.2) is 8.42 Å². The molecule has 0 bridgehead atoms. The molecule has 2 aromatic rings. The van der Waals surface area contributed by atoms with Crippen molar-refractivity contribution in [1.82, 2.24) is 9.62 Å². The van der Waals surface area contributed by atoms with Crippen molar-refractivity contribution >= 4 is 15.9 Å². The monoisotopic (exact) mass is 416 g/mol. The van der Waals surface area contributed by atoms with E-state index in [4.69, 9.17) is 4.74 Å². The molecule has 1 amide bonds. The Morgan fingerprint density at radius 2 is 1.66 bits per heavy atom. The molecule has 1 heterocycles. The highest BCUT2D eigenvalue weighted by molar-refractivity contribution is 7.89. The summed E-state index contributed by atoms with van der Waals surface area (Å²) in [5, 5.41) is 2.84. The van der Waals surface area contributed by atoms with Gasteiger partial charge < -0.3 is 10.1 Å². The molecule has 0 spiro atoms. The van der Waals surface area contributed by atoms with Crippen LogP contribution in [0.15, 0.2) is 59.5 Å². The maximum absolute atomic E-state index is 12.6. The molecule has 0 radical (unpaired) electrons. The van der Waals surface area contributed by atoms with E-state index in [1.54, 1.807) is 12.1 Å². The SMILES string of the molecule is O=C(COc1ccc(S(=O)(=O)N2CCCCC2)cc1)NCCCc1ccccc1. The van der Waals surface area contributed by atoms with Gasteiger partial charge in [0.1, 0.15) is 5.75 Å². The second kappa shape index (κ2) is 10.4. The first kappa shape index (κ1) is 21.3. The molecule has 0 atom stereocenters. The third kappa shape index (κ3) is 6.30. The van der Waals surface area contributed by atoms with Crippen LogP contribution in [0.25, 0.3) is 0 Å². The summed E-state index contributed by atoms with van der Waals surface area (Å²) in [5.74, 6) is 0.283. The number of benzene rings is 2. The van der Waals surface area contributed by atoms with E-state index in [2.05, 4.69) is 17.4 Å². The van der Waals surface area contributed by atoms with Crippen LogP contribution in [-0.4, -0.2) is 44.9 Å². The number of carbonyl (C=O) groups is 1. The number of carbonyl (C=O) groups excluding carboxylic acids is 1. The molecular weight excluding hydrogens is 388 g/mol. The van der Waals surface area contributed by atoms with E-state index in [1.165, 1.54) is 22.0 Å². The highest BCUT2D eigenvalue weighted by atomic mass is 32.2. The van der Waals surface area contributed by atoms with Gasteiger partial charge in [-0.15, -0.1) is 0 Å². The second-order valence-corrected chi connectivity index (χ2v) is 9.10. The fourth-order valence-electron chi connectivity index (χ4n) is 3.33. The number of hydrogen-bond donors (Lipinski definition) is 1. The largest absolute Gasteiger partial charge is 0.484 e. The van der Waals surface area contributed by atoms with Crippen molar-refractivity contribution in [3.8, 4) is 5.75 Å². The van der Waals surface area contributed by atoms with Crippen LogP contribution in [0.1, 0.15) is 31.2 Å². The van der Waals surface area contributed by atoms with Crippen LogP contribution in [0.4, 0.5) is 0 Å². The summed E-state index contributed by atoms with van der Waals surface area (Å²) in [6.45, 7) is 1.64. The fourth-order valence-corrected chi connectivity index (χ4v) is 4.84. The Morgan fingerprint density at radius 1 is 0.966 bits per heavy atom. The van der Waals surface area contributed by atoms with Gasteiger partial charge in [-0.05, 0) is 55.5 Å². The van der Waals surface area contributed by atoms with Gasteiger partial charge in [0.25, 0.3) is 5.91 Å². The average Bonchev–Trinajstić information content (AvgIpc) is 2.77. The topological polar surface area (TPSA) is 75.7 Å². The van der Waals surface area contributed by atoms with Crippen LogP contribution >= 0.6 is 0 Å². The molecular formula is C22H28N2O4S. The predicted octanol–water partition coefficient (Wildman–Crippen LogP) is 2.99. The highest BCUT2D eigenvalue weighted by Gasteiger charge is 2.25. The fraction of sp³-hybridized carbons (Fsp3) is 0.409. The summed E-state index contributed by atoms with van der Waals surface area (Å²) in [4.78, 5) is 12.2. The third-order valence-electron chi connectivity index (χ3n) is 4.95. The van der Waals surface area contributed by atoms with E-state index in [1.807, 2.05) is 18.2 Å². The first-order chi connectivity index (χ1) is 14.1. The van der Waals surface area contributed by atoms with Gasteiger partial charge >= 0.3 is 0 Å². The average molecular weight is 417 g/mol. The normalized spacial score (nSPS) is 15.0. The number of piperidine rings is 1. The Bertz CT molecular complexity index is 877. The molecule has 1 fully saturated rings. The molecule has 0 unspecified atom stereocenters. The Balaban J connectivity index is 1.41. The van der Waals surface area contributed by atoms with Gasteiger partial charge in [-0.3, -0.25) is 4.79 Å². The van der Waals surface area contributed by atoms with Crippen LogP contribution in [0.2, 0.25) is 0 Å². The standard InChI is InChI=1S/C22H28N2O4S/c25-22(23-15-7-10-19-8-3-1-4-9-19)18-28-20-11-13-21(14-12-20)29(26,27)24-16-5-2-6-17-24/h1,3-4,8-9,11-14H,2,5-7,10,15-18H2,(H,23,25). The van der Waals surface area contributed by atoms with Gasteiger partial charge in [0, 0.05) is 19.6 Å². The lowest BCUT2D eigenvalue weighted by Gasteiger charge is -2.25. The zero-order valence-corrected chi connectivity index (χ0v) is 17.4. The number of rotatable bonds is 9. The van der Waals surface area contributed by atoms with E-state index >= 15 is 0 Å². The quantitative estimate of drug-likeness (QED) is 0.638. The first-order valence-corrected chi connectivity index (χ1v) is 11.5. The molecule has 3 rings (SSSR count). The Kier molecular flexibility index (Phi) is 7.66. The lowest BCUT2D eigenvalue weighted by atomic mass is 10.1. The number of ether oxygens (including phenoxy) is 1. The maximum Gasteiger partial charge on any atom is 0.257 e. The molecule has 0 aliphatic carbocycles. The zero-order chi connectivity index (χ0) is 20.5. The molecule has 156 valence electrons. The molecule has 6 nitrogen and oxygen atoms in total. The Hall–Kier alpha value is -2.38. The van der Waals surface area contributed by atoms with E-state index in [9.17, 15) is 13.2 Å². The number of hydrogen-bond acceptors (Lipinski definition) is 4. The number of amides is 1. The summed E-state index contributed by atoms with van der Waals surface area (Å²) in [6, 6.07) is 16.4. The van der Waals surface area contributed by atoms with Crippen LogP contribution in [0.5, 0.6) is 5.75 Å². The third-order valence-corrected chi connectivity index (χ3v) is 6.87. The summed E-state index contributed by atoms with van der Waals surface area (Å²) < 4.78 is 32.3. The van der Waals surface area contributed by atoms with Crippen LogP contribution < -0.4 is 10.1 Å². The zero-order valence-electron chi connectivity index (χ0n) is 16.5. The van der Waals surface area contributed by atoms with E-state index < -0.39 is 10.0 Å². The van der Waals surface area contributed by atoms with Crippen molar-refractivity contribution in [2.75, 3.05) is 26.2 Å². The summed E-state index contributed by atoms with van der Waals surface area (Å²) >= 11 is 0. The lowest BCUT2D eigenvalue weighted by Crippen LogP contribution is -2.35. The lowest BCUT2D eigenvalue weighted by molar-refractivity contribution is -0.123. The summed E-state index contributed by atoms with van der Waals surface area (Å²) in [5.41, 5.74) is 1.25. The van der Waals surface area contributed by atoms with Crippen molar-refractivity contribution < 1.29 is 17.9 Å². The number of sulfonamides is 1. The molecule has 29 heavy (non-hydrogen) atoms. The molecule has 1 N–H and O–H groups in total. The minimum Gasteiger partial charge on any atom is -0.484 e. The molecule has 1 aliphatic rings. The smallest absolute Gasteiger partial charge is 0.257 e. The highest BCUT2D eigenvalue weighted by Crippen LogP contribution is 2.22. The molecule has 2 aromatic carbocycles. The van der Waals surface area contributed by atoms with Gasteiger partial charge in [0.2, 0.25) is 10.0 Å². The van der Waals surface area contributed by atoms with Gasteiger partial charge in [0.15, 0.2) is 6.61 Å². The molecule has 7 heteroatoms. The second-order valence-electron chi connectivity index (χ2n) is 7.16. The maximum atomic E-state index is 12.6. The number of aryl methyl sites for hydroxylation is 1. The van der Waals surface area contributed by atoms with Gasteiger partial charge in [0.05, 0.1) is 4.90 Å². The molecule has 1 aliphatic heterocycles.